The number of carbonyl (C=O) groups excluding carboxylic acids is 1. The first-order chi connectivity index (χ1) is 9.22. The molecule has 2 heterocycles. The number of fused-ring (bicyclic) bond motifs is 1. The molecule has 2 aromatic rings. The third kappa shape index (κ3) is 2.50. The van der Waals surface area contributed by atoms with Crippen LogP contribution in [0.2, 0.25) is 0 Å². The van der Waals surface area contributed by atoms with E-state index in [0.29, 0.717) is 19.5 Å². The summed E-state index contributed by atoms with van der Waals surface area (Å²) in [6.45, 7) is 3.37. The molecular formula is C16H16N2O. The lowest BCUT2D eigenvalue weighted by Crippen LogP contribution is -2.27. The number of amides is 1. The van der Waals surface area contributed by atoms with E-state index in [0.717, 1.165) is 11.3 Å². The molecule has 1 aliphatic heterocycles. The molecule has 0 N–H and O–H groups in total. The van der Waals surface area contributed by atoms with Gasteiger partial charge in [0.25, 0.3) is 0 Å². The van der Waals surface area contributed by atoms with Crippen molar-refractivity contribution in [2.45, 2.75) is 26.4 Å². The summed E-state index contributed by atoms with van der Waals surface area (Å²) in [6.07, 6.45) is 2.25. The second-order valence-corrected chi connectivity index (χ2v) is 5.02. The number of hydrogen-bond donors (Lipinski definition) is 0. The van der Waals surface area contributed by atoms with Crippen molar-refractivity contribution in [1.82, 2.24) is 9.88 Å². The minimum atomic E-state index is 0.170. The predicted molar refractivity (Wildman–Crippen MR) is 73.4 cm³/mol. The van der Waals surface area contributed by atoms with E-state index < -0.39 is 0 Å². The summed E-state index contributed by atoms with van der Waals surface area (Å²) in [5, 5.41) is 0. The maximum Gasteiger partial charge on any atom is 0.227 e. The number of benzene rings is 1. The quantitative estimate of drug-likeness (QED) is 0.822. The number of nitrogens with zero attached hydrogens (tertiary/aromatic N) is 2. The first kappa shape index (κ1) is 11.9. The van der Waals surface area contributed by atoms with Gasteiger partial charge in [-0.2, -0.15) is 0 Å². The van der Waals surface area contributed by atoms with Crippen molar-refractivity contribution in [3.8, 4) is 0 Å². The van der Waals surface area contributed by atoms with Gasteiger partial charge >= 0.3 is 0 Å². The summed E-state index contributed by atoms with van der Waals surface area (Å²) in [7, 11) is 0. The summed E-state index contributed by atoms with van der Waals surface area (Å²) in [4.78, 5) is 18.5. The zero-order valence-electron chi connectivity index (χ0n) is 11.0. The Bertz CT molecular complexity index is 597. The minimum absolute atomic E-state index is 0.170. The smallest absolute Gasteiger partial charge is 0.227 e. The fourth-order valence-electron chi connectivity index (χ4n) is 2.48. The van der Waals surface area contributed by atoms with Gasteiger partial charge in [0, 0.05) is 12.7 Å². The van der Waals surface area contributed by atoms with Gasteiger partial charge in [0.1, 0.15) is 0 Å². The molecule has 0 saturated carbocycles. The summed E-state index contributed by atoms with van der Waals surface area (Å²) >= 11 is 0. The maximum absolute atomic E-state index is 12.3. The molecule has 3 nitrogen and oxygen atoms in total. The Morgan fingerprint density at radius 2 is 2.16 bits per heavy atom. The third-order valence-electron chi connectivity index (χ3n) is 3.48. The lowest BCUT2D eigenvalue weighted by Gasteiger charge is -2.15. The van der Waals surface area contributed by atoms with E-state index in [-0.39, 0.29) is 5.91 Å². The van der Waals surface area contributed by atoms with E-state index in [2.05, 4.69) is 11.1 Å². The number of rotatable bonds is 2. The van der Waals surface area contributed by atoms with Crippen LogP contribution in [0.1, 0.15) is 22.4 Å². The molecule has 0 aliphatic carbocycles. The molecule has 96 valence electrons. The maximum atomic E-state index is 12.3. The predicted octanol–water partition coefficient (Wildman–Crippen LogP) is 2.47. The van der Waals surface area contributed by atoms with Crippen molar-refractivity contribution in [3.05, 3.63) is 65.0 Å². The van der Waals surface area contributed by atoms with E-state index in [1.54, 1.807) is 6.20 Å². The van der Waals surface area contributed by atoms with Crippen LogP contribution in [0.15, 0.2) is 42.6 Å². The fourth-order valence-corrected chi connectivity index (χ4v) is 2.48. The van der Waals surface area contributed by atoms with Crippen molar-refractivity contribution in [1.29, 1.82) is 0 Å². The lowest BCUT2D eigenvalue weighted by molar-refractivity contribution is -0.131. The van der Waals surface area contributed by atoms with Crippen LogP contribution in [0, 0.1) is 6.92 Å². The average molecular weight is 252 g/mol. The molecule has 1 aliphatic rings. The van der Waals surface area contributed by atoms with Crippen molar-refractivity contribution in [2.24, 2.45) is 0 Å². The Morgan fingerprint density at radius 3 is 2.95 bits per heavy atom. The highest BCUT2D eigenvalue weighted by molar-refractivity contribution is 5.79. The van der Waals surface area contributed by atoms with Gasteiger partial charge in [-0.3, -0.25) is 9.78 Å². The third-order valence-corrected chi connectivity index (χ3v) is 3.48. The monoisotopic (exact) mass is 252 g/mol. The largest absolute Gasteiger partial charge is 0.332 e. The van der Waals surface area contributed by atoms with Gasteiger partial charge in [-0.05, 0) is 24.1 Å². The second-order valence-electron chi connectivity index (χ2n) is 5.02. The summed E-state index contributed by atoms with van der Waals surface area (Å²) < 4.78 is 0. The van der Waals surface area contributed by atoms with E-state index >= 15 is 0 Å². The van der Waals surface area contributed by atoms with Gasteiger partial charge < -0.3 is 4.90 Å². The molecule has 0 saturated heterocycles. The zero-order valence-corrected chi connectivity index (χ0v) is 11.0. The van der Waals surface area contributed by atoms with Gasteiger partial charge in [-0.15, -0.1) is 0 Å². The van der Waals surface area contributed by atoms with Gasteiger partial charge in [0.2, 0.25) is 5.91 Å². The van der Waals surface area contributed by atoms with E-state index in [1.165, 1.54) is 11.1 Å². The van der Waals surface area contributed by atoms with Crippen LogP contribution in [0.4, 0.5) is 0 Å². The van der Waals surface area contributed by atoms with Crippen LogP contribution in [0.3, 0.4) is 0 Å². The normalized spacial score (nSPS) is 13.4. The Balaban J connectivity index is 1.70. The standard InChI is InChI=1S/C16H16N2O/c1-12-4-2-5-13(8-12)9-16(19)18-10-14-6-3-7-17-15(14)11-18/h2-8H,9-11H2,1H3. The van der Waals surface area contributed by atoms with Crippen LogP contribution in [-0.4, -0.2) is 15.8 Å². The van der Waals surface area contributed by atoms with Crippen LogP contribution < -0.4 is 0 Å². The fraction of sp³-hybridized carbons (Fsp3) is 0.250. The van der Waals surface area contributed by atoms with Crippen molar-refractivity contribution >= 4 is 5.91 Å². The molecule has 0 unspecified atom stereocenters. The van der Waals surface area contributed by atoms with Gasteiger partial charge in [-0.1, -0.05) is 35.9 Å². The number of aryl methyl sites for hydroxylation is 1. The highest BCUT2D eigenvalue weighted by Gasteiger charge is 2.23. The first-order valence-corrected chi connectivity index (χ1v) is 6.48. The Morgan fingerprint density at radius 1 is 1.26 bits per heavy atom. The van der Waals surface area contributed by atoms with Crippen molar-refractivity contribution in [2.75, 3.05) is 0 Å². The van der Waals surface area contributed by atoms with E-state index in [1.807, 2.05) is 42.2 Å². The summed E-state index contributed by atoms with van der Waals surface area (Å²) in [5.74, 6) is 0.170. The number of pyridine rings is 1. The molecule has 3 rings (SSSR count). The van der Waals surface area contributed by atoms with Gasteiger partial charge in [0.15, 0.2) is 0 Å². The molecule has 0 atom stereocenters. The second kappa shape index (κ2) is 4.84. The number of hydrogen-bond acceptors (Lipinski definition) is 2. The van der Waals surface area contributed by atoms with Gasteiger partial charge in [-0.25, -0.2) is 0 Å². The summed E-state index contributed by atoms with van der Waals surface area (Å²) in [6, 6.07) is 12.1. The first-order valence-electron chi connectivity index (χ1n) is 6.48. The minimum Gasteiger partial charge on any atom is -0.332 e. The Kier molecular flexibility index (Phi) is 3.03. The van der Waals surface area contributed by atoms with Crippen molar-refractivity contribution < 1.29 is 4.79 Å². The molecule has 1 aromatic carbocycles. The zero-order chi connectivity index (χ0) is 13.2. The number of carbonyl (C=O) groups is 1. The average Bonchev–Trinajstić information content (AvgIpc) is 2.82. The SMILES string of the molecule is Cc1cccc(CC(=O)N2Cc3cccnc3C2)c1. The number of aromatic nitrogens is 1. The van der Waals surface area contributed by atoms with E-state index in [9.17, 15) is 4.79 Å². The molecule has 1 aromatic heterocycles. The molecule has 0 bridgehead atoms. The molecule has 0 fully saturated rings. The van der Waals surface area contributed by atoms with Gasteiger partial charge in [0.05, 0.1) is 18.7 Å². The highest BCUT2D eigenvalue weighted by Crippen LogP contribution is 2.21. The molecule has 19 heavy (non-hydrogen) atoms. The molecule has 1 amide bonds. The van der Waals surface area contributed by atoms with Crippen LogP contribution in [0.5, 0.6) is 0 Å². The van der Waals surface area contributed by atoms with Crippen molar-refractivity contribution in [3.63, 3.8) is 0 Å². The van der Waals surface area contributed by atoms with Crippen LogP contribution >= 0.6 is 0 Å². The van der Waals surface area contributed by atoms with Crippen LogP contribution in [-0.2, 0) is 24.3 Å². The topological polar surface area (TPSA) is 33.2 Å². The summed E-state index contributed by atoms with van der Waals surface area (Å²) in [5.41, 5.74) is 4.46. The van der Waals surface area contributed by atoms with E-state index in [4.69, 9.17) is 0 Å². The molecule has 0 spiro atoms. The molecule has 3 heteroatoms. The lowest BCUT2D eigenvalue weighted by atomic mass is 10.1. The molecular weight excluding hydrogens is 236 g/mol. The Labute approximate surface area is 112 Å². The molecule has 0 radical (unpaired) electrons. The van der Waals surface area contributed by atoms with Crippen LogP contribution in [0.25, 0.3) is 0 Å². The Hall–Kier alpha value is -2.16. The highest BCUT2D eigenvalue weighted by atomic mass is 16.2.